The molecule has 1 aromatic carbocycles. The van der Waals surface area contributed by atoms with E-state index >= 15 is 0 Å². The van der Waals surface area contributed by atoms with Gasteiger partial charge in [-0.1, -0.05) is 13.0 Å². The van der Waals surface area contributed by atoms with E-state index in [4.69, 9.17) is 14.2 Å². The highest BCUT2D eigenvalue weighted by Crippen LogP contribution is 2.44. The number of fused-ring (bicyclic) bond motifs is 1. The molecule has 20 heavy (non-hydrogen) atoms. The van der Waals surface area contributed by atoms with Crippen molar-refractivity contribution in [1.29, 1.82) is 0 Å². The van der Waals surface area contributed by atoms with E-state index in [1.807, 2.05) is 12.1 Å². The molecule has 1 fully saturated rings. The minimum atomic E-state index is -0.176. The van der Waals surface area contributed by atoms with Crippen LogP contribution in [0.1, 0.15) is 37.8 Å². The lowest BCUT2D eigenvalue weighted by molar-refractivity contribution is -0.0855. The average molecular weight is 277 g/mol. The van der Waals surface area contributed by atoms with Crippen molar-refractivity contribution in [2.75, 3.05) is 26.9 Å². The largest absolute Gasteiger partial charge is 0.497 e. The lowest BCUT2D eigenvalue weighted by Gasteiger charge is -2.44. The first-order valence-corrected chi connectivity index (χ1v) is 7.44. The molecule has 1 saturated heterocycles. The van der Waals surface area contributed by atoms with Crippen LogP contribution in [-0.4, -0.2) is 32.5 Å². The minimum Gasteiger partial charge on any atom is -0.497 e. The predicted octanol–water partition coefficient (Wildman–Crippen LogP) is 2.68. The highest BCUT2D eigenvalue weighted by atomic mass is 16.5. The SMILES string of the molecule is CCNC1CC2(CCCOC2)Oc2cc(OC)ccc21. The number of hydrogen-bond donors (Lipinski definition) is 1. The number of hydrogen-bond acceptors (Lipinski definition) is 4. The summed E-state index contributed by atoms with van der Waals surface area (Å²) in [5, 5.41) is 3.57. The van der Waals surface area contributed by atoms with Gasteiger partial charge in [-0.2, -0.15) is 0 Å². The first-order valence-electron chi connectivity index (χ1n) is 7.44. The molecule has 0 amide bonds. The molecule has 0 aliphatic carbocycles. The molecule has 2 aliphatic rings. The van der Waals surface area contributed by atoms with Crippen LogP contribution in [0.5, 0.6) is 11.5 Å². The summed E-state index contributed by atoms with van der Waals surface area (Å²) < 4.78 is 17.3. The third kappa shape index (κ3) is 2.50. The molecule has 1 spiro atoms. The summed E-state index contributed by atoms with van der Waals surface area (Å²) in [6.07, 6.45) is 3.10. The average Bonchev–Trinajstić information content (AvgIpc) is 2.47. The van der Waals surface area contributed by atoms with Crippen LogP contribution in [0.4, 0.5) is 0 Å². The number of rotatable bonds is 3. The predicted molar refractivity (Wildman–Crippen MR) is 77.4 cm³/mol. The fraction of sp³-hybridized carbons (Fsp3) is 0.625. The van der Waals surface area contributed by atoms with Crippen molar-refractivity contribution in [1.82, 2.24) is 5.32 Å². The minimum absolute atomic E-state index is 0.176. The Morgan fingerprint density at radius 1 is 1.45 bits per heavy atom. The maximum Gasteiger partial charge on any atom is 0.134 e. The van der Waals surface area contributed by atoms with Crippen LogP contribution < -0.4 is 14.8 Å². The quantitative estimate of drug-likeness (QED) is 0.922. The standard InChI is InChI=1S/C16H23NO3/c1-3-17-14-10-16(7-4-8-19-11-16)20-15-9-12(18-2)5-6-13(14)15/h5-6,9,14,17H,3-4,7-8,10-11H2,1-2H3. The maximum absolute atomic E-state index is 6.33. The van der Waals surface area contributed by atoms with Gasteiger partial charge in [-0.3, -0.25) is 0 Å². The second-order valence-corrected chi connectivity index (χ2v) is 5.66. The Morgan fingerprint density at radius 2 is 2.35 bits per heavy atom. The van der Waals surface area contributed by atoms with E-state index < -0.39 is 0 Å². The molecule has 2 atom stereocenters. The Balaban J connectivity index is 1.94. The van der Waals surface area contributed by atoms with Crippen LogP contribution in [0.25, 0.3) is 0 Å². The van der Waals surface area contributed by atoms with Gasteiger partial charge in [0.2, 0.25) is 0 Å². The summed E-state index contributed by atoms with van der Waals surface area (Å²) in [7, 11) is 1.69. The Hall–Kier alpha value is -1.26. The Morgan fingerprint density at radius 3 is 3.05 bits per heavy atom. The van der Waals surface area contributed by atoms with Crippen molar-refractivity contribution in [2.24, 2.45) is 0 Å². The van der Waals surface area contributed by atoms with Crippen molar-refractivity contribution in [3.05, 3.63) is 23.8 Å². The van der Waals surface area contributed by atoms with E-state index in [-0.39, 0.29) is 5.60 Å². The number of benzene rings is 1. The number of nitrogens with one attached hydrogen (secondary N) is 1. The van der Waals surface area contributed by atoms with Crippen LogP contribution in [0.15, 0.2) is 18.2 Å². The molecule has 2 aliphatic heterocycles. The molecule has 0 saturated carbocycles. The van der Waals surface area contributed by atoms with Gasteiger partial charge in [0.05, 0.1) is 13.7 Å². The van der Waals surface area contributed by atoms with Crippen molar-refractivity contribution < 1.29 is 14.2 Å². The molecule has 4 heteroatoms. The maximum atomic E-state index is 6.33. The van der Waals surface area contributed by atoms with Crippen molar-refractivity contribution in [3.8, 4) is 11.5 Å². The Kier molecular flexibility index (Phi) is 3.85. The van der Waals surface area contributed by atoms with Crippen LogP contribution in [0.3, 0.4) is 0 Å². The summed E-state index contributed by atoms with van der Waals surface area (Å²) in [4.78, 5) is 0. The zero-order chi connectivity index (χ0) is 14.0. The Labute approximate surface area is 120 Å². The molecule has 4 nitrogen and oxygen atoms in total. The summed E-state index contributed by atoms with van der Waals surface area (Å²) >= 11 is 0. The molecular weight excluding hydrogens is 254 g/mol. The number of methoxy groups -OCH3 is 1. The van der Waals surface area contributed by atoms with Gasteiger partial charge in [0.25, 0.3) is 0 Å². The third-order valence-electron chi connectivity index (χ3n) is 4.24. The van der Waals surface area contributed by atoms with E-state index in [0.29, 0.717) is 12.6 Å². The van der Waals surface area contributed by atoms with Gasteiger partial charge in [0.15, 0.2) is 0 Å². The molecule has 0 bridgehead atoms. The molecule has 0 aromatic heterocycles. The molecule has 0 radical (unpaired) electrons. The Bertz CT molecular complexity index is 469. The zero-order valence-corrected chi connectivity index (χ0v) is 12.3. The van der Waals surface area contributed by atoms with E-state index in [9.17, 15) is 0 Å². The van der Waals surface area contributed by atoms with Gasteiger partial charge >= 0.3 is 0 Å². The molecule has 2 heterocycles. The first kappa shape index (κ1) is 13.7. The zero-order valence-electron chi connectivity index (χ0n) is 12.3. The normalized spacial score (nSPS) is 28.8. The lowest BCUT2D eigenvalue weighted by Crippen LogP contribution is -2.49. The van der Waals surface area contributed by atoms with Gasteiger partial charge < -0.3 is 19.5 Å². The fourth-order valence-electron chi connectivity index (χ4n) is 3.27. The van der Waals surface area contributed by atoms with Crippen LogP contribution in [-0.2, 0) is 4.74 Å². The van der Waals surface area contributed by atoms with Crippen molar-refractivity contribution in [3.63, 3.8) is 0 Å². The molecule has 3 rings (SSSR count). The molecule has 110 valence electrons. The number of ether oxygens (including phenoxy) is 3. The molecule has 1 N–H and O–H groups in total. The monoisotopic (exact) mass is 277 g/mol. The van der Waals surface area contributed by atoms with Gasteiger partial charge in [-0.15, -0.1) is 0 Å². The highest BCUT2D eigenvalue weighted by Gasteiger charge is 2.42. The first-order chi connectivity index (χ1) is 9.76. The van der Waals surface area contributed by atoms with Gasteiger partial charge in [-0.05, 0) is 25.5 Å². The van der Waals surface area contributed by atoms with E-state index in [1.165, 1.54) is 5.56 Å². The summed E-state index contributed by atoms with van der Waals surface area (Å²) in [6.45, 7) is 4.63. The van der Waals surface area contributed by atoms with Gasteiger partial charge in [0.1, 0.15) is 17.1 Å². The van der Waals surface area contributed by atoms with Crippen LogP contribution in [0, 0.1) is 0 Å². The summed E-state index contributed by atoms with van der Waals surface area (Å²) in [6, 6.07) is 6.44. The molecular formula is C16H23NO3. The summed E-state index contributed by atoms with van der Waals surface area (Å²) in [5.74, 6) is 1.78. The second-order valence-electron chi connectivity index (χ2n) is 5.66. The summed E-state index contributed by atoms with van der Waals surface area (Å²) in [5.41, 5.74) is 1.05. The smallest absolute Gasteiger partial charge is 0.134 e. The van der Waals surface area contributed by atoms with Gasteiger partial charge in [-0.25, -0.2) is 0 Å². The van der Waals surface area contributed by atoms with Crippen molar-refractivity contribution >= 4 is 0 Å². The lowest BCUT2D eigenvalue weighted by atomic mass is 9.83. The van der Waals surface area contributed by atoms with E-state index in [2.05, 4.69) is 18.3 Å². The van der Waals surface area contributed by atoms with Crippen LogP contribution in [0.2, 0.25) is 0 Å². The molecule has 2 unspecified atom stereocenters. The third-order valence-corrected chi connectivity index (χ3v) is 4.24. The second kappa shape index (κ2) is 5.62. The van der Waals surface area contributed by atoms with Gasteiger partial charge in [0, 0.05) is 30.7 Å². The van der Waals surface area contributed by atoms with Crippen molar-refractivity contribution in [2.45, 2.75) is 37.8 Å². The molecule has 1 aromatic rings. The topological polar surface area (TPSA) is 39.7 Å². The van der Waals surface area contributed by atoms with E-state index in [0.717, 1.165) is 43.9 Å². The van der Waals surface area contributed by atoms with Crippen LogP contribution >= 0.6 is 0 Å². The fourth-order valence-corrected chi connectivity index (χ4v) is 3.27. The highest BCUT2D eigenvalue weighted by molar-refractivity contribution is 5.44. The van der Waals surface area contributed by atoms with E-state index in [1.54, 1.807) is 7.11 Å².